The normalized spacial score (nSPS) is 14.9. The predicted octanol–water partition coefficient (Wildman–Crippen LogP) is 2.55. The minimum Gasteiger partial charge on any atom is -0.353 e. The topological polar surface area (TPSA) is 62.3 Å². The van der Waals surface area contributed by atoms with Crippen LogP contribution in [0.2, 0.25) is 0 Å². The van der Waals surface area contributed by atoms with E-state index in [0.717, 1.165) is 24.0 Å². The second-order valence-electron chi connectivity index (χ2n) is 6.65. The summed E-state index contributed by atoms with van der Waals surface area (Å²) in [4.78, 5) is 29.9. The highest BCUT2D eigenvalue weighted by molar-refractivity contribution is 5.94. The number of nitrogens with one attached hydrogen (secondary N) is 1. The zero-order chi connectivity index (χ0) is 18.5. The van der Waals surface area contributed by atoms with Crippen molar-refractivity contribution in [2.75, 3.05) is 13.1 Å². The molecule has 0 bridgehead atoms. The number of amides is 2. The number of nitrogens with zero attached hydrogens (tertiary/aromatic N) is 2. The molecule has 26 heavy (non-hydrogen) atoms. The lowest BCUT2D eigenvalue weighted by atomic mass is 10.0. The molecule has 1 saturated heterocycles. The van der Waals surface area contributed by atoms with Gasteiger partial charge >= 0.3 is 0 Å². The molecular formula is C20H22FN3O2. The van der Waals surface area contributed by atoms with Crippen LogP contribution in [-0.4, -0.2) is 40.8 Å². The Kier molecular flexibility index (Phi) is 5.61. The second kappa shape index (κ2) is 8.08. The third kappa shape index (κ3) is 4.65. The number of carbonyl (C=O) groups is 2. The number of halogens is 1. The van der Waals surface area contributed by atoms with Gasteiger partial charge in [-0.25, -0.2) is 4.39 Å². The van der Waals surface area contributed by atoms with Crippen LogP contribution in [0.1, 0.15) is 41.3 Å². The lowest BCUT2D eigenvalue weighted by Crippen LogP contribution is -2.46. The van der Waals surface area contributed by atoms with E-state index in [2.05, 4.69) is 10.3 Å². The predicted molar refractivity (Wildman–Crippen MR) is 96.2 cm³/mol. The quantitative estimate of drug-likeness (QED) is 0.917. The van der Waals surface area contributed by atoms with Crippen LogP contribution in [0.25, 0.3) is 0 Å². The number of benzene rings is 1. The molecule has 0 aliphatic carbocycles. The molecule has 1 aliphatic rings. The molecule has 0 saturated carbocycles. The molecule has 1 fully saturated rings. The first-order valence-corrected chi connectivity index (χ1v) is 8.76. The molecule has 0 spiro atoms. The fourth-order valence-corrected chi connectivity index (χ4v) is 3.24. The van der Waals surface area contributed by atoms with Gasteiger partial charge in [0.2, 0.25) is 5.91 Å². The van der Waals surface area contributed by atoms with Gasteiger partial charge in [0.15, 0.2) is 0 Å². The van der Waals surface area contributed by atoms with Crippen molar-refractivity contribution in [2.24, 2.45) is 0 Å². The summed E-state index contributed by atoms with van der Waals surface area (Å²) in [5.74, 6) is -0.342. The zero-order valence-electron chi connectivity index (χ0n) is 14.7. The average molecular weight is 355 g/mol. The van der Waals surface area contributed by atoms with Crippen LogP contribution >= 0.6 is 0 Å². The summed E-state index contributed by atoms with van der Waals surface area (Å²) < 4.78 is 13.0. The number of aromatic nitrogens is 1. The molecule has 2 heterocycles. The highest BCUT2D eigenvalue weighted by Gasteiger charge is 2.24. The van der Waals surface area contributed by atoms with E-state index in [1.807, 2.05) is 6.07 Å². The van der Waals surface area contributed by atoms with Gasteiger partial charge in [-0.15, -0.1) is 0 Å². The summed E-state index contributed by atoms with van der Waals surface area (Å²) in [5, 5.41) is 2.91. The highest BCUT2D eigenvalue weighted by atomic mass is 19.1. The molecule has 0 unspecified atom stereocenters. The van der Waals surface area contributed by atoms with E-state index < -0.39 is 0 Å². The molecular weight excluding hydrogens is 333 g/mol. The smallest absolute Gasteiger partial charge is 0.255 e. The molecule has 1 aliphatic heterocycles. The Bertz CT molecular complexity index is 784. The SMILES string of the molecule is CC(=O)NC1CCN(C(=O)c2cncc(Cc3ccc(F)cc3)c2)CC1. The number of piperidine rings is 1. The van der Waals surface area contributed by atoms with Crippen LogP contribution in [0.4, 0.5) is 4.39 Å². The van der Waals surface area contributed by atoms with E-state index in [0.29, 0.717) is 25.1 Å². The van der Waals surface area contributed by atoms with Gasteiger partial charge in [0.25, 0.3) is 5.91 Å². The molecule has 6 heteroatoms. The summed E-state index contributed by atoms with van der Waals surface area (Å²) >= 11 is 0. The van der Waals surface area contributed by atoms with Crippen molar-refractivity contribution in [3.05, 3.63) is 65.2 Å². The van der Waals surface area contributed by atoms with E-state index in [1.165, 1.54) is 19.1 Å². The minimum atomic E-state index is -0.265. The fraction of sp³-hybridized carbons (Fsp3) is 0.350. The lowest BCUT2D eigenvalue weighted by molar-refractivity contribution is -0.119. The number of likely N-dealkylation sites (tertiary alicyclic amines) is 1. The van der Waals surface area contributed by atoms with E-state index in [1.54, 1.807) is 29.4 Å². The molecule has 0 radical (unpaired) electrons. The molecule has 1 aromatic carbocycles. The van der Waals surface area contributed by atoms with Crippen LogP contribution in [-0.2, 0) is 11.2 Å². The Labute approximate surface area is 152 Å². The van der Waals surface area contributed by atoms with Crippen molar-refractivity contribution < 1.29 is 14.0 Å². The minimum absolute atomic E-state index is 0.0347. The summed E-state index contributed by atoms with van der Waals surface area (Å²) in [7, 11) is 0. The maximum absolute atomic E-state index is 13.0. The van der Waals surface area contributed by atoms with Crippen LogP contribution < -0.4 is 5.32 Å². The Morgan fingerprint density at radius 2 is 1.85 bits per heavy atom. The third-order valence-electron chi connectivity index (χ3n) is 4.55. The van der Waals surface area contributed by atoms with Crippen LogP contribution in [0.15, 0.2) is 42.7 Å². The number of rotatable bonds is 4. The maximum atomic E-state index is 13.0. The third-order valence-corrected chi connectivity index (χ3v) is 4.55. The number of carbonyl (C=O) groups excluding carboxylic acids is 2. The molecule has 1 N–H and O–H groups in total. The number of pyridine rings is 1. The fourth-order valence-electron chi connectivity index (χ4n) is 3.24. The van der Waals surface area contributed by atoms with Crippen LogP contribution in [0.3, 0.4) is 0 Å². The van der Waals surface area contributed by atoms with Gasteiger partial charge in [-0.05, 0) is 48.6 Å². The van der Waals surface area contributed by atoms with Gasteiger partial charge in [-0.2, -0.15) is 0 Å². The van der Waals surface area contributed by atoms with Crippen LogP contribution in [0.5, 0.6) is 0 Å². The first-order valence-electron chi connectivity index (χ1n) is 8.76. The Balaban J connectivity index is 1.63. The van der Waals surface area contributed by atoms with Gasteiger partial charge < -0.3 is 10.2 Å². The molecule has 5 nitrogen and oxygen atoms in total. The molecule has 0 atom stereocenters. The van der Waals surface area contributed by atoms with E-state index in [-0.39, 0.29) is 23.7 Å². The Morgan fingerprint density at radius 1 is 1.15 bits per heavy atom. The van der Waals surface area contributed by atoms with Gasteiger partial charge in [0.05, 0.1) is 5.56 Å². The molecule has 1 aromatic heterocycles. The van der Waals surface area contributed by atoms with Crippen molar-refractivity contribution in [1.29, 1.82) is 0 Å². The molecule has 2 aromatic rings. The van der Waals surface area contributed by atoms with E-state index in [9.17, 15) is 14.0 Å². The summed E-state index contributed by atoms with van der Waals surface area (Å²) in [6.45, 7) is 2.74. The van der Waals surface area contributed by atoms with Gasteiger partial charge in [-0.1, -0.05) is 12.1 Å². The summed E-state index contributed by atoms with van der Waals surface area (Å²) in [6, 6.07) is 8.30. The first kappa shape index (κ1) is 18.0. The van der Waals surface area contributed by atoms with Crippen molar-refractivity contribution in [2.45, 2.75) is 32.2 Å². The van der Waals surface area contributed by atoms with Crippen molar-refractivity contribution in [3.8, 4) is 0 Å². The average Bonchev–Trinajstić information content (AvgIpc) is 2.63. The Hall–Kier alpha value is -2.76. The zero-order valence-corrected chi connectivity index (χ0v) is 14.7. The molecule has 136 valence electrons. The molecule has 3 rings (SSSR count). The summed E-state index contributed by atoms with van der Waals surface area (Å²) in [6.07, 6.45) is 5.42. The Morgan fingerprint density at radius 3 is 2.50 bits per heavy atom. The van der Waals surface area contributed by atoms with E-state index >= 15 is 0 Å². The standard InChI is InChI=1S/C20H22FN3O2/c1-14(25)23-19-6-8-24(9-7-19)20(26)17-11-16(12-22-13-17)10-15-2-4-18(21)5-3-15/h2-5,11-13,19H,6-10H2,1H3,(H,23,25). The van der Waals surface area contributed by atoms with Crippen LogP contribution in [0, 0.1) is 5.82 Å². The van der Waals surface area contributed by atoms with Gasteiger partial charge in [0, 0.05) is 38.4 Å². The highest BCUT2D eigenvalue weighted by Crippen LogP contribution is 2.16. The first-order chi connectivity index (χ1) is 12.5. The monoisotopic (exact) mass is 355 g/mol. The largest absolute Gasteiger partial charge is 0.353 e. The molecule has 2 amide bonds. The van der Waals surface area contributed by atoms with Crippen molar-refractivity contribution in [1.82, 2.24) is 15.2 Å². The summed E-state index contributed by atoms with van der Waals surface area (Å²) in [5.41, 5.74) is 2.44. The van der Waals surface area contributed by atoms with Gasteiger partial charge in [-0.3, -0.25) is 14.6 Å². The second-order valence-corrected chi connectivity index (χ2v) is 6.65. The van der Waals surface area contributed by atoms with E-state index in [4.69, 9.17) is 0 Å². The van der Waals surface area contributed by atoms with Crippen molar-refractivity contribution in [3.63, 3.8) is 0 Å². The maximum Gasteiger partial charge on any atom is 0.255 e. The van der Waals surface area contributed by atoms with Gasteiger partial charge in [0.1, 0.15) is 5.82 Å². The number of hydrogen-bond acceptors (Lipinski definition) is 3. The lowest BCUT2D eigenvalue weighted by Gasteiger charge is -2.32. The number of hydrogen-bond donors (Lipinski definition) is 1. The van der Waals surface area contributed by atoms with Crippen molar-refractivity contribution >= 4 is 11.8 Å².